The molecule has 0 saturated carbocycles. The van der Waals surface area contributed by atoms with Crippen molar-refractivity contribution in [2.45, 2.75) is 12.2 Å². The minimum absolute atomic E-state index is 0.0873. The second kappa shape index (κ2) is 4.38. The van der Waals surface area contributed by atoms with Crippen molar-refractivity contribution in [1.29, 1.82) is 0 Å². The molecule has 1 saturated heterocycles. The van der Waals surface area contributed by atoms with Crippen molar-refractivity contribution in [2.24, 2.45) is 0 Å². The molecule has 1 aliphatic rings. The SMILES string of the molecule is O=C(c1cccc(F)c1F)N1CC(O)C(O)C1. The van der Waals surface area contributed by atoms with E-state index in [1.54, 1.807) is 0 Å². The smallest absolute Gasteiger partial charge is 0.257 e. The normalized spacial score (nSPS) is 24.1. The van der Waals surface area contributed by atoms with Crippen LogP contribution < -0.4 is 0 Å². The highest BCUT2D eigenvalue weighted by atomic mass is 19.2. The highest BCUT2D eigenvalue weighted by Crippen LogP contribution is 2.17. The van der Waals surface area contributed by atoms with Crippen LogP contribution in [0.4, 0.5) is 8.78 Å². The monoisotopic (exact) mass is 243 g/mol. The number of amides is 1. The summed E-state index contributed by atoms with van der Waals surface area (Å²) in [6.45, 7) is -0.175. The summed E-state index contributed by atoms with van der Waals surface area (Å²) in [5.41, 5.74) is -0.397. The first-order valence-corrected chi connectivity index (χ1v) is 5.10. The van der Waals surface area contributed by atoms with Crippen LogP contribution in [0.3, 0.4) is 0 Å². The molecular formula is C11H11F2NO3. The Balaban J connectivity index is 2.24. The number of hydrogen-bond donors (Lipinski definition) is 2. The summed E-state index contributed by atoms with van der Waals surface area (Å²) in [5, 5.41) is 18.6. The Hall–Kier alpha value is -1.53. The predicted octanol–water partition coefficient (Wildman–Crippen LogP) is 0.142. The van der Waals surface area contributed by atoms with Crippen molar-refractivity contribution in [3.63, 3.8) is 0 Å². The fraction of sp³-hybridized carbons (Fsp3) is 0.364. The number of carbonyl (C=O) groups is 1. The lowest BCUT2D eigenvalue weighted by molar-refractivity contribution is 0.0572. The Bertz CT molecular complexity index is 442. The van der Waals surface area contributed by atoms with E-state index in [0.29, 0.717) is 0 Å². The summed E-state index contributed by atoms with van der Waals surface area (Å²) in [6, 6.07) is 3.31. The lowest BCUT2D eigenvalue weighted by Crippen LogP contribution is -2.30. The van der Waals surface area contributed by atoms with Crippen molar-refractivity contribution < 1.29 is 23.8 Å². The molecule has 2 rings (SSSR count). The molecule has 1 aliphatic heterocycles. The first-order chi connectivity index (χ1) is 8.00. The summed E-state index contributed by atoms with van der Waals surface area (Å²) in [4.78, 5) is 12.9. The van der Waals surface area contributed by atoms with Crippen LogP contribution in [-0.4, -0.2) is 46.3 Å². The van der Waals surface area contributed by atoms with Crippen LogP contribution in [0.25, 0.3) is 0 Å². The molecular weight excluding hydrogens is 232 g/mol. The van der Waals surface area contributed by atoms with E-state index >= 15 is 0 Å². The molecule has 4 nitrogen and oxygen atoms in total. The summed E-state index contributed by atoms with van der Waals surface area (Å²) in [6.07, 6.45) is -2.09. The lowest BCUT2D eigenvalue weighted by Gasteiger charge is -2.15. The molecule has 1 aromatic rings. The van der Waals surface area contributed by atoms with Gasteiger partial charge in [0.15, 0.2) is 11.6 Å². The van der Waals surface area contributed by atoms with E-state index in [1.807, 2.05) is 0 Å². The van der Waals surface area contributed by atoms with Gasteiger partial charge in [-0.05, 0) is 12.1 Å². The zero-order valence-corrected chi connectivity index (χ0v) is 8.81. The molecule has 0 radical (unpaired) electrons. The van der Waals surface area contributed by atoms with Crippen molar-refractivity contribution in [2.75, 3.05) is 13.1 Å². The number of β-amino-alcohol motifs (C(OH)–C–C–N with tert-alkyl or cyclic N) is 2. The fourth-order valence-corrected chi connectivity index (χ4v) is 1.77. The van der Waals surface area contributed by atoms with E-state index in [-0.39, 0.29) is 13.1 Å². The maximum atomic E-state index is 13.4. The highest BCUT2D eigenvalue weighted by Gasteiger charge is 2.34. The number of benzene rings is 1. The van der Waals surface area contributed by atoms with Gasteiger partial charge in [-0.2, -0.15) is 0 Å². The molecule has 92 valence electrons. The first-order valence-electron chi connectivity index (χ1n) is 5.10. The van der Waals surface area contributed by atoms with Gasteiger partial charge in [0, 0.05) is 13.1 Å². The third-order valence-corrected chi connectivity index (χ3v) is 2.73. The molecule has 0 spiro atoms. The van der Waals surface area contributed by atoms with Crippen LogP contribution in [0.15, 0.2) is 18.2 Å². The van der Waals surface area contributed by atoms with Gasteiger partial charge in [0.25, 0.3) is 5.91 Å². The van der Waals surface area contributed by atoms with E-state index in [2.05, 4.69) is 0 Å². The average Bonchev–Trinajstić information content (AvgIpc) is 2.62. The molecule has 17 heavy (non-hydrogen) atoms. The number of aliphatic hydroxyl groups excluding tert-OH is 2. The van der Waals surface area contributed by atoms with Gasteiger partial charge in [-0.25, -0.2) is 8.78 Å². The zero-order chi connectivity index (χ0) is 12.6. The largest absolute Gasteiger partial charge is 0.388 e. The number of likely N-dealkylation sites (tertiary alicyclic amines) is 1. The molecule has 1 fully saturated rings. The Morgan fingerprint density at radius 1 is 1.24 bits per heavy atom. The molecule has 0 bridgehead atoms. The zero-order valence-electron chi connectivity index (χ0n) is 8.81. The van der Waals surface area contributed by atoms with E-state index < -0.39 is 35.3 Å². The first kappa shape index (κ1) is 11.9. The molecule has 2 N–H and O–H groups in total. The van der Waals surface area contributed by atoms with E-state index in [0.717, 1.165) is 17.0 Å². The maximum absolute atomic E-state index is 13.4. The lowest BCUT2D eigenvalue weighted by atomic mass is 10.2. The molecule has 2 unspecified atom stereocenters. The van der Waals surface area contributed by atoms with Crippen LogP contribution in [-0.2, 0) is 0 Å². The Morgan fingerprint density at radius 3 is 2.41 bits per heavy atom. The number of rotatable bonds is 1. The third-order valence-electron chi connectivity index (χ3n) is 2.73. The topological polar surface area (TPSA) is 60.8 Å². The second-order valence-electron chi connectivity index (χ2n) is 3.95. The van der Waals surface area contributed by atoms with Gasteiger partial charge in [-0.1, -0.05) is 6.07 Å². The molecule has 1 heterocycles. The van der Waals surface area contributed by atoms with Crippen molar-refractivity contribution >= 4 is 5.91 Å². The fourth-order valence-electron chi connectivity index (χ4n) is 1.77. The molecule has 1 aromatic carbocycles. The van der Waals surface area contributed by atoms with E-state index in [4.69, 9.17) is 0 Å². The number of nitrogens with zero attached hydrogens (tertiary/aromatic N) is 1. The summed E-state index contributed by atoms with van der Waals surface area (Å²) < 4.78 is 26.3. The van der Waals surface area contributed by atoms with Gasteiger partial charge < -0.3 is 15.1 Å². The van der Waals surface area contributed by atoms with E-state index in [1.165, 1.54) is 6.07 Å². The number of halogens is 2. The minimum Gasteiger partial charge on any atom is -0.388 e. The Morgan fingerprint density at radius 2 is 1.82 bits per heavy atom. The molecule has 2 atom stereocenters. The second-order valence-corrected chi connectivity index (χ2v) is 3.95. The molecule has 0 aliphatic carbocycles. The van der Waals surface area contributed by atoms with Gasteiger partial charge in [-0.15, -0.1) is 0 Å². The van der Waals surface area contributed by atoms with Gasteiger partial charge in [0.2, 0.25) is 0 Å². The predicted molar refractivity (Wildman–Crippen MR) is 54.3 cm³/mol. The number of aliphatic hydroxyl groups is 2. The number of hydrogen-bond acceptors (Lipinski definition) is 3. The third kappa shape index (κ3) is 2.13. The summed E-state index contributed by atoms with van der Waals surface area (Å²) in [5.74, 6) is -3.05. The van der Waals surface area contributed by atoms with Gasteiger partial charge in [0.1, 0.15) is 0 Å². The van der Waals surface area contributed by atoms with Gasteiger partial charge >= 0.3 is 0 Å². The van der Waals surface area contributed by atoms with Crippen molar-refractivity contribution in [1.82, 2.24) is 4.90 Å². The Labute approximate surface area is 96.1 Å². The van der Waals surface area contributed by atoms with Crippen LogP contribution in [0, 0.1) is 11.6 Å². The maximum Gasteiger partial charge on any atom is 0.257 e. The molecule has 0 aromatic heterocycles. The quantitative estimate of drug-likeness (QED) is 0.737. The van der Waals surface area contributed by atoms with Crippen molar-refractivity contribution in [3.05, 3.63) is 35.4 Å². The summed E-state index contributed by atoms with van der Waals surface area (Å²) in [7, 11) is 0. The van der Waals surface area contributed by atoms with Crippen LogP contribution >= 0.6 is 0 Å². The van der Waals surface area contributed by atoms with Gasteiger partial charge in [-0.3, -0.25) is 4.79 Å². The standard InChI is InChI=1S/C11H11F2NO3/c12-7-3-1-2-6(10(7)13)11(17)14-4-8(15)9(16)5-14/h1-3,8-9,15-16H,4-5H2. The van der Waals surface area contributed by atoms with Crippen LogP contribution in [0.5, 0.6) is 0 Å². The van der Waals surface area contributed by atoms with Crippen LogP contribution in [0.1, 0.15) is 10.4 Å². The van der Waals surface area contributed by atoms with Crippen molar-refractivity contribution in [3.8, 4) is 0 Å². The Kier molecular flexibility index (Phi) is 3.08. The van der Waals surface area contributed by atoms with E-state index in [9.17, 15) is 23.8 Å². The highest BCUT2D eigenvalue weighted by molar-refractivity contribution is 5.94. The average molecular weight is 243 g/mol. The van der Waals surface area contributed by atoms with Gasteiger partial charge in [0.05, 0.1) is 17.8 Å². The molecule has 1 amide bonds. The summed E-state index contributed by atoms with van der Waals surface area (Å²) >= 11 is 0. The minimum atomic E-state index is -1.21. The number of carbonyl (C=O) groups excluding carboxylic acids is 1. The molecule has 6 heteroatoms. The van der Waals surface area contributed by atoms with Crippen LogP contribution in [0.2, 0.25) is 0 Å².